The first-order valence-electron chi connectivity index (χ1n) is 4.70. The molecule has 3 unspecified atom stereocenters. The van der Waals surface area contributed by atoms with Gasteiger partial charge in [-0.15, -0.1) is 0 Å². The van der Waals surface area contributed by atoms with Gasteiger partial charge < -0.3 is 5.11 Å². The predicted octanol–water partition coefficient (Wildman–Crippen LogP) is 0.375. The van der Waals surface area contributed by atoms with Crippen LogP contribution in [0.1, 0.15) is 19.0 Å². The fraction of sp³-hybridized carbons (Fsp3) is 0.778. The van der Waals surface area contributed by atoms with Crippen molar-refractivity contribution in [2.24, 2.45) is 18.9 Å². The highest BCUT2D eigenvalue weighted by Gasteiger charge is 2.38. The van der Waals surface area contributed by atoms with Gasteiger partial charge in [0.05, 0.1) is 18.0 Å². The van der Waals surface area contributed by atoms with Gasteiger partial charge in [-0.2, -0.15) is 15.0 Å². The molecule has 0 aliphatic heterocycles. The Morgan fingerprint density at radius 2 is 2.46 bits per heavy atom. The molecule has 0 bridgehead atoms. The van der Waals surface area contributed by atoms with Gasteiger partial charge in [0.1, 0.15) is 0 Å². The topological polar surface area (TPSA) is 50.9 Å². The summed E-state index contributed by atoms with van der Waals surface area (Å²) in [5.41, 5.74) is 0.883. The van der Waals surface area contributed by atoms with Gasteiger partial charge in [0, 0.05) is 13.5 Å². The molecule has 72 valence electrons. The largest absolute Gasteiger partial charge is 0.392 e. The molecule has 1 aromatic heterocycles. The first-order valence-corrected chi connectivity index (χ1v) is 4.70. The lowest BCUT2D eigenvalue weighted by molar-refractivity contribution is 0.145. The quantitative estimate of drug-likeness (QED) is 0.733. The lowest BCUT2D eigenvalue weighted by Gasteiger charge is -2.05. The number of aliphatic hydroxyl groups is 1. The first-order chi connectivity index (χ1) is 6.16. The van der Waals surface area contributed by atoms with Crippen LogP contribution in [-0.2, 0) is 13.5 Å². The van der Waals surface area contributed by atoms with Crippen molar-refractivity contribution in [2.75, 3.05) is 0 Å². The van der Waals surface area contributed by atoms with E-state index in [1.54, 1.807) is 13.2 Å². The van der Waals surface area contributed by atoms with E-state index in [2.05, 4.69) is 17.1 Å². The van der Waals surface area contributed by atoms with Crippen LogP contribution in [0, 0.1) is 11.8 Å². The Bertz CT molecular complexity index is 297. The van der Waals surface area contributed by atoms with Crippen molar-refractivity contribution in [1.29, 1.82) is 0 Å². The molecule has 2 rings (SSSR count). The Kier molecular flexibility index (Phi) is 2.07. The predicted molar refractivity (Wildman–Crippen MR) is 48.0 cm³/mol. The van der Waals surface area contributed by atoms with E-state index in [1.165, 1.54) is 4.80 Å². The maximum atomic E-state index is 9.75. The van der Waals surface area contributed by atoms with Gasteiger partial charge in [0.25, 0.3) is 0 Å². The molecule has 0 amide bonds. The minimum absolute atomic E-state index is 0.230. The van der Waals surface area contributed by atoms with Crippen LogP contribution in [0.3, 0.4) is 0 Å². The Hall–Kier alpha value is -0.900. The molecule has 1 fully saturated rings. The second-order valence-corrected chi connectivity index (χ2v) is 3.97. The second-order valence-electron chi connectivity index (χ2n) is 3.97. The van der Waals surface area contributed by atoms with Crippen molar-refractivity contribution < 1.29 is 5.11 Å². The summed E-state index contributed by atoms with van der Waals surface area (Å²) in [7, 11) is 1.79. The lowest BCUT2D eigenvalue weighted by Crippen LogP contribution is -2.14. The van der Waals surface area contributed by atoms with Gasteiger partial charge in [-0.3, -0.25) is 0 Å². The van der Waals surface area contributed by atoms with Crippen molar-refractivity contribution >= 4 is 0 Å². The van der Waals surface area contributed by atoms with Crippen molar-refractivity contribution in [3.63, 3.8) is 0 Å². The van der Waals surface area contributed by atoms with Crippen LogP contribution < -0.4 is 0 Å². The molecule has 4 nitrogen and oxygen atoms in total. The van der Waals surface area contributed by atoms with Crippen LogP contribution in [0.25, 0.3) is 0 Å². The summed E-state index contributed by atoms with van der Waals surface area (Å²) >= 11 is 0. The van der Waals surface area contributed by atoms with Crippen LogP contribution in [0.5, 0.6) is 0 Å². The molecule has 0 spiro atoms. The Labute approximate surface area is 77.6 Å². The van der Waals surface area contributed by atoms with Crippen molar-refractivity contribution in [3.8, 4) is 0 Å². The first kappa shape index (κ1) is 8.69. The highest BCUT2D eigenvalue weighted by Crippen LogP contribution is 2.41. The standard InChI is InChI=1S/C9H15N3O/c1-6-3-8(6)9(13)4-7-5-10-12(2)11-7/h5-6,8-9,13H,3-4H2,1-2H3. The zero-order valence-corrected chi connectivity index (χ0v) is 8.01. The van der Waals surface area contributed by atoms with Crippen molar-refractivity contribution in [2.45, 2.75) is 25.9 Å². The molecule has 0 saturated heterocycles. The normalized spacial score (nSPS) is 28.8. The SMILES string of the molecule is CC1CC1C(O)Cc1cnn(C)n1. The Balaban J connectivity index is 1.91. The Morgan fingerprint density at radius 3 is 2.92 bits per heavy atom. The van der Waals surface area contributed by atoms with Gasteiger partial charge in [0.2, 0.25) is 0 Å². The van der Waals surface area contributed by atoms with Crippen molar-refractivity contribution in [1.82, 2.24) is 15.0 Å². The molecule has 1 aliphatic rings. The van der Waals surface area contributed by atoms with E-state index in [0.29, 0.717) is 18.3 Å². The fourth-order valence-corrected chi connectivity index (χ4v) is 1.73. The second kappa shape index (κ2) is 3.10. The lowest BCUT2D eigenvalue weighted by atomic mass is 10.1. The minimum atomic E-state index is -0.230. The summed E-state index contributed by atoms with van der Waals surface area (Å²) in [6.45, 7) is 2.17. The maximum absolute atomic E-state index is 9.75. The van der Waals surface area contributed by atoms with Crippen molar-refractivity contribution in [3.05, 3.63) is 11.9 Å². The zero-order valence-electron chi connectivity index (χ0n) is 8.01. The van der Waals surface area contributed by atoms with Gasteiger partial charge in [-0.1, -0.05) is 6.92 Å². The van der Waals surface area contributed by atoms with Gasteiger partial charge in [-0.05, 0) is 18.3 Å². The minimum Gasteiger partial charge on any atom is -0.392 e. The summed E-state index contributed by atoms with van der Waals surface area (Å²) in [6, 6.07) is 0. The molecule has 1 saturated carbocycles. The highest BCUT2D eigenvalue weighted by atomic mass is 16.3. The molecular weight excluding hydrogens is 166 g/mol. The average molecular weight is 181 g/mol. The van der Waals surface area contributed by atoms with E-state index >= 15 is 0 Å². The van der Waals surface area contributed by atoms with E-state index in [0.717, 1.165) is 12.1 Å². The third-order valence-electron chi connectivity index (χ3n) is 2.73. The number of hydrogen-bond donors (Lipinski definition) is 1. The van der Waals surface area contributed by atoms with E-state index in [4.69, 9.17) is 0 Å². The molecule has 0 aromatic carbocycles. The fourth-order valence-electron chi connectivity index (χ4n) is 1.73. The van der Waals surface area contributed by atoms with Crippen LogP contribution in [0.2, 0.25) is 0 Å². The van der Waals surface area contributed by atoms with E-state index in [-0.39, 0.29) is 6.10 Å². The summed E-state index contributed by atoms with van der Waals surface area (Å²) in [6.07, 6.45) is 3.28. The third-order valence-corrected chi connectivity index (χ3v) is 2.73. The van der Waals surface area contributed by atoms with Gasteiger partial charge >= 0.3 is 0 Å². The average Bonchev–Trinajstić information content (AvgIpc) is 2.66. The molecule has 4 heteroatoms. The molecule has 3 atom stereocenters. The van der Waals surface area contributed by atoms with E-state index < -0.39 is 0 Å². The van der Waals surface area contributed by atoms with Gasteiger partial charge in [0.15, 0.2) is 0 Å². The zero-order chi connectivity index (χ0) is 9.42. The molecule has 1 heterocycles. The van der Waals surface area contributed by atoms with Crippen LogP contribution in [0.15, 0.2) is 6.20 Å². The Morgan fingerprint density at radius 1 is 1.77 bits per heavy atom. The summed E-state index contributed by atoms with van der Waals surface area (Å²) in [4.78, 5) is 1.53. The van der Waals surface area contributed by atoms with E-state index in [1.807, 2.05) is 0 Å². The molecule has 0 radical (unpaired) electrons. The smallest absolute Gasteiger partial charge is 0.0852 e. The molecule has 13 heavy (non-hydrogen) atoms. The summed E-state index contributed by atoms with van der Waals surface area (Å²) < 4.78 is 0. The number of rotatable bonds is 3. The molecule has 1 N–H and O–H groups in total. The van der Waals surface area contributed by atoms with Crippen LogP contribution >= 0.6 is 0 Å². The number of nitrogens with zero attached hydrogens (tertiary/aromatic N) is 3. The van der Waals surface area contributed by atoms with Crippen LogP contribution in [0.4, 0.5) is 0 Å². The highest BCUT2D eigenvalue weighted by molar-refractivity contribution is 4.98. The number of aryl methyl sites for hydroxylation is 1. The number of aromatic nitrogens is 3. The van der Waals surface area contributed by atoms with Gasteiger partial charge in [-0.25, -0.2) is 0 Å². The number of hydrogen-bond acceptors (Lipinski definition) is 3. The summed E-state index contributed by atoms with van der Waals surface area (Å²) in [5, 5.41) is 17.8. The monoisotopic (exact) mass is 181 g/mol. The van der Waals surface area contributed by atoms with Crippen LogP contribution in [-0.4, -0.2) is 26.2 Å². The number of aliphatic hydroxyl groups excluding tert-OH is 1. The summed E-state index contributed by atoms with van der Waals surface area (Å²) in [5.74, 6) is 1.17. The molecule has 1 aliphatic carbocycles. The molecule has 1 aromatic rings. The maximum Gasteiger partial charge on any atom is 0.0852 e. The molecular formula is C9H15N3O. The van der Waals surface area contributed by atoms with E-state index in [9.17, 15) is 5.11 Å². The third kappa shape index (κ3) is 1.88.